The van der Waals surface area contributed by atoms with E-state index in [0.717, 1.165) is 24.3 Å². The maximum Gasteiger partial charge on any atom is 0.331 e. The van der Waals surface area contributed by atoms with E-state index in [4.69, 9.17) is 10.00 Å². The van der Waals surface area contributed by atoms with Crippen LogP contribution in [0.5, 0.6) is 0 Å². The van der Waals surface area contributed by atoms with Gasteiger partial charge in [0.2, 0.25) is 0 Å². The van der Waals surface area contributed by atoms with Crippen LogP contribution in [0.25, 0.3) is 6.08 Å². The molecule has 0 amide bonds. The Hall–Kier alpha value is -2.08. The quantitative estimate of drug-likeness (QED) is 0.390. The highest BCUT2D eigenvalue weighted by molar-refractivity contribution is 5.87. The van der Waals surface area contributed by atoms with E-state index >= 15 is 0 Å². The van der Waals surface area contributed by atoms with Crippen molar-refractivity contribution in [1.29, 1.82) is 5.26 Å². The molecule has 0 N–H and O–H groups in total. The third-order valence-electron chi connectivity index (χ3n) is 4.74. The van der Waals surface area contributed by atoms with Gasteiger partial charge in [0.15, 0.2) is 0 Å². The van der Waals surface area contributed by atoms with Crippen molar-refractivity contribution in [3.8, 4) is 6.07 Å². The Balaban J connectivity index is 1.71. The number of benzene rings is 1. The highest BCUT2D eigenvalue weighted by Gasteiger charge is 2.22. The molecular formula is C21H27NO2. The average Bonchev–Trinajstić information content (AvgIpc) is 2.62. The van der Waals surface area contributed by atoms with E-state index in [-0.39, 0.29) is 12.1 Å². The monoisotopic (exact) mass is 325 g/mol. The van der Waals surface area contributed by atoms with Crippen molar-refractivity contribution in [3.05, 3.63) is 41.5 Å². The molecule has 0 spiro atoms. The molecule has 24 heavy (non-hydrogen) atoms. The lowest BCUT2D eigenvalue weighted by atomic mass is 9.84. The zero-order valence-electron chi connectivity index (χ0n) is 14.5. The molecule has 0 heterocycles. The fourth-order valence-corrected chi connectivity index (χ4v) is 3.26. The summed E-state index contributed by atoms with van der Waals surface area (Å²) in [5.74, 6) is 0.550. The van der Waals surface area contributed by atoms with E-state index in [9.17, 15) is 4.79 Å². The zero-order valence-corrected chi connectivity index (χ0v) is 14.5. The predicted molar refractivity (Wildman–Crippen MR) is 96.2 cm³/mol. The van der Waals surface area contributed by atoms with Gasteiger partial charge in [0.25, 0.3) is 0 Å². The highest BCUT2D eigenvalue weighted by Crippen LogP contribution is 2.30. The van der Waals surface area contributed by atoms with Gasteiger partial charge in [-0.15, -0.1) is 0 Å². The fourth-order valence-electron chi connectivity index (χ4n) is 3.26. The number of rotatable bonds is 7. The Labute approximate surface area is 145 Å². The molecule has 2 rings (SSSR count). The van der Waals surface area contributed by atoms with Gasteiger partial charge in [0.1, 0.15) is 6.10 Å². The summed E-state index contributed by atoms with van der Waals surface area (Å²) >= 11 is 0. The summed E-state index contributed by atoms with van der Waals surface area (Å²) in [4.78, 5) is 11.9. The summed E-state index contributed by atoms with van der Waals surface area (Å²) < 4.78 is 5.55. The van der Waals surface area contributed by atoms with Crippen LogP contribution >= 0.6 is 0 Å². The molecule has 0 saturated heterocycles. The standard InChI is InChI=1S/C21H27NO2/c1-2-3-4-5-17-10-13-20(14-11-17)24-21(23)15-12-18-6-8-19(16-22)9-7-18/h6-9,12,15,17,20H,2-5,10-11,13-14H2,1H3. The van der Waals surface area contributed by atoms with E-state index in [1.54, 1.807) is 18.2 Å². The van der Waals surface area contributed by atoms with Crippen LogP contribution in [0, 0.1) is 17.2 Å². The Kier molecular flexibility index (Phi) is 7.55. The van der Waals surface area contributed by atoms with E-state index < -0.39 is 0 Å². The van der Waals surface area contributed by atoms with Crippen LogP contribution in [0.2, 0.25) is 0 Å². The van der Waals surface area contributed by atoms with Gasteiger partial charge in [0.05, 0.1) is 11.6 Å². The minimum atomic E-state index is -0.270. The maximum absolute atomic E-state index is 11.9. The second kappa shape index (κ2) is 9.93. The smallest absolute Gasteiger partial charge is 0.331 e. The lowest BCUT2D eigenvalue weighted by Crippen LogP contribution is -2.23. The predicted octanol–water partition coefficient (Wildman–Crippen LogP) is 5.25. The molecular weight excluding hydrogens is 298 g/mol. The maximum atomic E-state index is 11.9. The van der Waals surface area contributed by atoms with Crippen molar-refractivity contribution in [2.24, 2.45) is 5.92 Å². The minimum Gasteiger partial charge on any atom is -0.459 e. The van der Waals surface area contributed by atoms with Crippen molar-refractivity contribution in [1.82, 2.24) is 0 Å². The van der Waals surface area contributed by atoms with Gasteiger partial charge in [-0.3, -0.25) is 0 Å². The number of hydrogen-bond donors (Lipinski definition) is 0. The SMILES string of the molecule is CCCCCC1CCC(OC(=O)C=Cc2ccc(C#N)cc2)CC1. The summed E-state index contributed by atoms with van der Waals surface area (Å²) in [6.45, 7) is 2.24. The van der Waals surface area contributed by atoms with Crippen LogP contribution in [0.3, 0.4) is 0 Å². The van der Waals surface area contributed by atoms with Crippen LogP contribution in [0.15, 0.2) is 30.3 Å². The molecule has 1 fully saturated rings. The number of hydrogen-bond acceptors (Lipinski definition) is 3. The van der Waals surface area contributed by atoms with Gasteiger partial charge in [0, 0.05) is 6.08 Å². The normalized spacial score (nSPS) is 20.7. The largest absolute Gasteiger partial charge is 0.459 e. The van der Waals surface area contributed by atoms with E-state index in [1.807, 2.05) is 12.1 Å². The zero-order chi connectivity index (χ0) is 17.2. The second-order valence-corrected chi connectivity index (χ2v) is 6.64. The first kappa shape index (κ1) is 18.3. The molecule has 1 aromatic carbocycles. The lowest BCUT2D eigenvalue weighted by molar-refractivity contribution is -0.144. The van der Waals surface area contributed by atoms with E-state index in [0.29, 0.717) is 5.56 Å². The van der Waals surface area contributed by atoms with Gasteiger partial charge >= 0.3 is 5.97 Å². The molecule has 128 valence electrons. The van der Waals surface area contributed by atoms with Crippen LogP contribution in [0.1, 0.15) is 69.4 Å². The van der Waals surface area contributed by atoms with Crippen molar-refractivity contribution in [3.63, 3.8) is 0 Å². The fraction of sp³-hybridized carbons (Fsp3) is 0.524. The Morgan fingerprint density at radius 3 is 2.54 bits per heavy atom. The van der Waals surface area contributed by atoms with Crippen LogP contribution in [0.4, 0.5) is 0 Å². The molecule has 0 aliphatic heterocycles. The van der Waals surface area contributed by atoms with Crippen LogP contribution in [-0.4, -0.2) is 12.1 Å². The first-order chi connectivity index (χ1) is 11.7. The Bertz CT molecular complexity index is 575. The summed E-state index contributed by atoms with van der Waals surface area (Å²) in [6, 6.07) is 9.21. The molecule has 0 atom stereocenters. The van der Waals surface area contributed by atoms with Crippen LogP contribution in [-0.2, 0) is 9.53 Å². The number of unbranched alkanes of at least 4 members (excludes halogenated alkanes) is 2. The summed E-state index contributed by atoms with van der Waals surface area (Å²) in [6.07, 6.45) is 12.9. The molecule has 3 nitrogen and oxygen atoms in total. The summed E-state index contributed by atoms with van der Waals surface area (Å²) in [5, 5.41) is 8.77. The summed E-state index contributed by atoms with van der Waals surface area (Å²) in [5.41, 5.74) is 1.51. The molecule has 3 heteroatoms. The molecule has 1 saturated carbocycles. The third kappa shape index (κ3) is 6.20. The molecule has 0 unspecified atom stereocenters. The molecule has 1 aromatic rings. The van der Waals surface area contributed by atoms with Crippen LogP contribution < -0.4 is 0 Å². The highest BCUT2D eigenvalue weighted by atomic mass is 16.5. The first-order valence-electron chi connectivity index (χ1n) is 9.10. The summed E-state index contributed by atoms with van der Waals surface area (Å²) in [7, 11) is 0. The Morgan fingerprint density at radius 2 is 1.92 bits per heavy atom. The molecule has 1 aliphatic rings. The third-order valence-corrected chi connectivity index (χ3v) is 4.74. The van der Waals surface area contributed by atoms with Gasteiger partial charge < -0.3 is 4.74 Å². The van der Waals surface area contributed by atoms with Gasteiger partial charge in [-0.25, -0.2) is 4.79 Å². The first-order valence-corrected chi connectivity index (χ1v) is 9.10. The number of ether oxygens (including phenoxy) is 1. The molecule has 0 aromatic heterocycles. The minimum absolute atomic E-state index is 0.0746. The van der Waals surface area contributed by atoms with Gasteiger partial charge in [-0.2, -0.15) is 5.26 Å². The lowest BCUT2D eigenvalue weighted by Gasteiger charge is -2.28. The van der Waals surface area contributed by atoms with E-state index in [2.05, 4.69) is 13.0 Å². The number of nitrogens with zero attached hydrogens (tertiary/aromatic N) is 1. The molecule has 0 radical (unpaired) electrons. The van der Waals surface area contributed by atoms with Gasteiger partial charge in [-0.05, 0) is 55.4 Å². The number of esters is 1. The van der Waals surface area contributed by atoms with Crippen molar-refractivity contribution in [2.75, 3.05) is 0 Å². The van der Waals surface area contributed by atoms with Crippen molar-refractivity contribution >= 4 is 12.0 Å². The Morgan fingerprint density at radius 1 is 1.21 bits per heavy atom. The topological polar surface area (TPSA) is 50.1 Å². The second-order valence-electron chi connectivity index (χ2n) is 6.64. The number of carbonyl (C=O) groups excluding carboxylic acids is 1. The van der Waals surface area contributed by atoms with Crippen molar-refractivity contribution in [2.45, 2.75) is 64.4 Å². The average molecular weight is 325 g/mol. The molecule has 1 aliphatic carbocycles. The van der Waals surface area contributed by atoms with E-state index in [1.165, 1.54) is 44.6 Å². The number of nitriles is 1. The van der Waals surface area contributed by atoms with Crippen molar-refractivity contribution < 1.29 is 9.53 Å². The molecule has 0 bridgehead atoms. The van der Waals surface area contributed by atoms with Gasteiger partial charge in [-0.1, -0.05) is 44.7 Å². The number of carbonyl (C=O) groups is 1.